The highest BCUT2D eigenvalue weighted by molar-refractivity contribution is 7.86. The molecule has 0 saturated carbocycles. The van der Waals surface area contributed by atoms with Gasteiger partial charge in [-0.25, -0.2) is 8.60 Å². The molecular formula is C13H10FNOS. The molecule has 0 saturated heterocycles. The fraction of sp³-hybridized carbons (Fsp3) is 0.0769. The lowest BCUT2D eigenvalue weighted by Crippen LogP contribution is -2.17. The predicted octanol–water partition coefficient (Wildman–Crippen LogP) is 2.87. The zero-order valence-electron chi connectivity index (χ0n) is 8.97. The molecule has 1 heterocycles. The minimum atomic E-state index is -1.23. The van der Waals surface area contributed by atoms with E-state index in [2.05, 4.69) is 0 Å². The minimum Gasteiger partial charge on any atom is -0.283 e. The summed E-state index contributed by atoms with van der Waals surface area (Å²) in [4.78, 5) is 0.704. The van der Waals surface area contributed by atoms with E-state index in [0.29, 0.717) is 11.4 Å². The van der Waals surface area contributed by atoms with E-state index in [0.717, 1.165) is 11.3 Å². The Morgan fingerprint density at radius 2 is 1.88 bits per heavy atom. The second kappa shape index (κ2) is 3.96. The molecule has 0 fully saturated rings. The summed E-state index contributed by atoms with van der Waals surface area (Å²) in [5.41, 5.74) is 1.69. The zero-order valence-corrected chi connectivity index (χ0v) is 9.78. The van der Waals surface area contributed by atoms with E-state index in [1.807, 2.05) is 30.3 Å². The number of para-hydroxylation sites is 1. The SMILES string of the molecule is O=S1c2ccc(F)cc2CN1c1ccccc1. The molecule has 0 bridgehead atoms. The van der Waals surface area contributed by atoms with E-state index in [1.54, 1.807) is 10.4 Å². The van der Waals surface area contributed by atoms with Crippen molar-refractivity contribution in [2.75, 3.05) is 4.31 Å². The fourth-order valence-electron chi connectivity index (χ4n) is 1.96. The normalized spacial score (nSPS) is 18.2. The standard InChI is InChI=1S/C13H10FNOS/c14-11-6-7-13-10(8-11)9-15(17(13)16)12-4-2-1-3-5-12/h1-8H,9H2. The van der Waals surface area contributed by atoms with Crippen LogP contribution in [0.2, 0.25) is 0 Å². The summed E-state index contributed by atoms with van der Waals surface area (Å²) in [5.74, 6) is -0.282. The molecular weight excluding hydrogens is 237 g/mol. The van der Waals surface area contributed by atoms with Crippen LogP contribution < -0.4 is 4.31 Å². The van der Waals surface area contributed by atoms with Crippen molar-refractivity contribution in [3.05, 3.63) is 59.9 Å². The minimum absolute atomic E-state index is 0.282. The van der Waals surface area contributed by atoms with Gasteiger partial charge in [0.1, 0.15) is 5.82 Å². The second-order valence-corrected chi connectivity index (χ2v) is 5.25. The molecule has 4 heteroatoms. The Morgan fingerprint density at radius 1 is 1.12 bits per heavy atom. The van der Waals surface area contributed by atoms with Crippen molar-refractivity contribution in [1.29, 1.82) is 0 Å². The molecule has 0 spiro atoms. The molecule has 2 aromatic carbocycles. The monoisotopic (exact) mass is 247 g/mol. The molecule has 2 nitrogen and oxygen atoms in total. The first-order valence-electron chi connectivity index (χ1n) is 5.28. The third-order valence-electron chi connectivity index (χ3n) is 2.77. The molecule has 0 aliphatic carbocycles. The van der Waals surface area contributed by atoms with E-state index in [9.17, 15) is 8.60 Å². The highest BCUT2D eigenvalue weighted by Gasteiger charge is 2.27. The topological polar surface area (TPSA) is 20.3 Å². The molecule has 0 radical (unpaired) electrons. The van der Waals surface area contributed by atoms with Crippen molar-refractivity contribution in [1.82, 2.24) is 0 Å². The first-order chi connectivity index (χ1) is 8.25. The van der Waals surface area contributed by atoms with Gasteiger partial charge in [-0.3, -0.25) is 4.31 Å². The average Bonchev–Trinajstić information content (AvgIpc) is 2.67. The van der Waals surface area contributed by atoms with Gasteiger partial charge in [-0.1, -0.05) is 18.2 Å². The van der Waals surface area contributed by atoms with E-state index in [1.165, 1.54) is 12.1 Å². The van der Waals surface area contributed by atoms with Crippen LogP contribution in [0.25, 0.3) is 0 Å². The van der Waals surface area contributed by atoms with Gasteiger partial charge in [-0.2, -0.15) is 0 Å². The van der Waals surface area contributed by atoms with Crippen molar-refractivity contribution in [3.63, 3.8) is 0 Å². The van der Waals surface area contributed by atoms with Crippen molar-refractivity contribution >= 4 is 16.7 Å². The Bertz CT molecular complexity index is 585. The number of benzene rings is 2. The third-order valence-corrected chi connectivity index (χ3v) is 4.28. The molecule has 2 aromatic rings. The van der Waals surface area contributed by atoms with Gasteiger partial charge in [0.2, 0.25) is 0 Å². The largest absolute Gasteiger partial charge is 0.283 e. The summed E-state index contributed by atoms with van der Waals surface area (Å²) >= 11 is 0. The molecule has 3 rings (SSSR count). The van der Waals surface area contributed by atoms with Gasteiger partial charge in [0.05, 0.1) is 11.4 Å². The van der Waals surface area contributed by atoms with Crippen molar-refractivity contribution in [3.8, 4) is 0 Å². The number of hydrogen-bond acceptors (Lipinski definition) is 1. The predicted molar refractivity (Wildman–Crippen MR) is 65.4 cm³/mol. The Morgan fingerprint density at radius 3 is 2.65 bits per heavy atom. The third kappa shape index (κ3) is 1.74. The molecule has 0 N–H and O–H groups in total. The summed E-state index contributed by atoms with van der Waals surface area (Å²) in [7, 11) is -1.23. The first-order valence-corrected chi connectivity index (χ1v) is 6.39. The van der Waals surface area contributed by atoms with Crippen LogP contribution in [0, 0.1) is 5.82 Å². The van der Waals surface area contributed by atoms with E-state index < -0.39 is 11.0 Å². The van der Waals surface area contributed by atoms with Crippen LogP contribution in [0.15, 0.2) is 53.4 Å². The Kier molecular flexibility index (Phi) is 2.44. The maximum Gasteiger partial charge on any atom is 0.153 e. The van der Waals surface area contributed by atoms with E-state index in [-0.39, 0.29) is 5.82 Å². The van der Waals surface area contributed by atoms with Gasteiger partial charge >= 0.3 is 0 Å². The molecule has 17 heavy (non-hydrogen) atoms. The lowest BCUT2D eigenvalue weighted by molar-refractivity contribution is 0.624. The lowest BCUT2D eigenvalue weighted by atomic mass is 10.2. The molecule has 86 valence electrons. The van der Waals surface area contributed by atoms with Crippen LogP contribution >= 0.6 is 0 Å². The summed E-state index contributed by atoms with van der Waals surface area (Å²) in [6, 6.07) is 13.9. The molecule has 1 aliphatic rings. The molecule has 0 amide bonds. The van der Waals surface area contributed by atoms with Gasteiger partial charge in [0.25, 0.3) is 0 Å². The van der Waals surface area contributed by atoms with Gasteiger partial charge in [0.15, 0.2) is 11.0 Å². The van der Waals surface area contributed by atoms with E-state index >= 15 is 0 Å². The lowest BCUT2D eigenvalue weighted by Gasteiger charge is -2.15. The molecule has 0 aromatic heterocycles. The van der Waals surface area contributed by atoms with Crippen LogP contribution in [0.3, 0.4) is 0 Å². The number of fused-ring (bicyclic) bond motifs is 1. The van der Waals surface area contributed by atoms with Gasteiger partial charge in [-0.15, -0.1) is 0 Å². The van der Waals surface area contributed by atoms with Crippen LogP contribution in [-0.2, 0) is 17.5 Å². The van der Waals surface area contributed by atoms with Crippen molar-refractivity contribution in [2.45, 2.75) is 11.4 Å². The smallest absolute Gasteiger partial charge is 0.153 e. The maximum atomic E-state index is 13.1. The van der Waals surface area contributed by atoms with Gasteiger partial charge < -0.3 is 0 Å². The highest BCUT2D eigenvalue weighted by Crippen LogP contribution is 2.31. The van der Waals surface area contributed by atoms with E-state index in [4.69, 9.17) is 0 Å². The number of nitrogens with zero attached hydrogens (tertiary/aromatic N) is 1. The highest BCUT2D eigenvalue weighted by atomic mass is 32.2. The van der Waals surface area contributed by atoms with Crippen LogP contribution in [-0.4, -0.2) is 4.21 Å². The van der Waals surface area contributed by atoms with Gasteiger partial charge in [-0.05, 0) is 35.9 Å². The van der Waals surface area contributed by atoms with Crippen molar-refractivity contribution < 1.29 is 8.60 Å². The summed E-state index contributed by atoms with van der Waals surface area (Å²) < 4.78 is 27.1. The maximum absolute atomic E-state index is 13.1. The molecule has 1 aliphatic heterocycles. The summed E-state index contributed by atoms with van der Waals surface area (Å²) in [6.07, 6.45) is 0. The van der Waals surface area contributed by atoms with Crippen LogP contribution in [0.4, 0.5) is 10.1 Å². The number of halogens is 1. The fourth-order valence-corrected chi connectivity index (χ4v) is 3.29. The Hall–Kier alpha value is -1.68. The first kappa shape index (κ1) is 10.5. The number of anilines is 1. The summed E-state index contributed by atoms with van der Waals surface area (Å²) in [6.45, 7) is 0.490. The number of hydrogen-bond donors (Lipinski definition) is 0. The Labute approximate surface area is 101 Å². The molecule has 1 atom stereocenters. The Balaban J connectivity index is 2.02. The average molecular weight is 247 g/mol. The van der Waals surface area contributed by atoms with Crippen molar-refractivity contribution in [2.24, 2.45) is 0 Å². The molecule has 1 unspecified atom stereocenters. The second-order valence-electron chi connectivity index (χ2n) is 3.87. The van der Waals surface area contributed by atoms with Crippen LogP contribution in [0.5, 0.6) is 0 Å². The summed E-state index contributed by atoms with van der Waals surface area (Å²) in [5, 5.41) is 0. The zero-order chi connectivity index (χ0) is 11.8. The van der Waals surface area contributed by atoms with Gasteiger partial charge in [0, 0.05) is 5.69 Å². The number of rotatable bonds is 1. The van der Waals surface area contributed by atoms with Crippen LogP contribution in [0.1, 0.15) is 5.56 Å². The quantitative estimate of drug-likeness (QED) is 0.758.